The summed E-state index contributed by atoms with van der Waals surface area (Å²) in [6.07, 6.45) is 6.24. The zero-order chi connectivity index (χ0) is 31.6. The Bertz CT molecular complexity index is 1400. The fourth-order valence-corrected chi connectivity index (χ4v) is 7.95. The number of aliphatic hydroxyl groups is 1. The van der Waals surface area contributed by atoms with Crippen LogP contribution in [0.1, 0.15) is 61.8 Å². The monoisotopic (exact) mass is 600 g/mol. The predicted octanol–water partition coefficient (Wildman–Crippen LogP) is 5.22. The van der Waals surface area contributed by atoms with Gasteiger partial charge in [0, 0.05) is 12.2 Å². The molecule has 2 unspecified atom stereocenters. The second kappa shape index (κ2) is 12.7. The summed E-state index contributed by atoms with van der Waals surface area (Å²) in [7, 11) is 0. The van der Waals surface area contributed by atoms with E-state index in [1.54, 1.807) is 17.1 Å². The van der Waals surface area contributed by atoms with Crippen molar-refractivity contribution in [2.24, 2.45) is 11.8 Å². The van der Waals surface area contributed by atoms with Gasteiger partial charge < -0.3 is 24.4 Å². The largest absolute Gasteiger partial charge is 0.465 e. The molecule has 0 aromatic heterocycles. The second-order valence-electron chi connectivity index (χ2n) is 12.3. The molecule has 234 valence electrons. The van der Waals surface area contributed by atoms with Crippen LogP contribution in [0.4, 0.5) is 5.69 Å². The van der Waals surface area contributed by atoms with Crippen molar-refractivity contribution in [3.05, 3.63) is 90.5 Å². The molecular formula is C36H44N2O6. The van der Waals surface area contributed by atoms with E-state index >= 15 is 4.79 Å². The smallest absolute Gasteiger partial charge is 0.312 e. The molecule has 5 rings (SSSR count). The van der Waals surface area contributed by atoms with E-state index in [0.717, 1.165) is 16.8 Å². The standard InChI is InChI=1S/C36H44N2O6/c1-6-9-13-22-43-34(42)29-28-32(40)38(27(23-39)26-17-11-10-12-18-26)31(36(28)20-19-35(29,8-3)44-36)33(41)37(21-7-2)30-24(4)15-14-16-25(30)5/h6-7,10-12,14-18,27-29,31,39H,1-2,8-9,13,19-23H2,3-5H3/t27-,28+,29+,31?,35-,36?/m1/s1. The number of unbranched alkanes of at least 4 members (excludes halogenated alkanes) is 1. The third-order valence-electron chi connectivity index (χ3n) is 9.88. The summed E-state index contributed by atoms with van der Waals surface area (Å²) in [5.41, 5.74) is 1.10. The predicted molar refractivity (Wildman–Crippen MR) is 169 cm³/mol. The van der Waals surface area contributed by atoms with Gasteiger partial charge in [-0.3, -0.25) is 14.4 Å². The third kappa shape index (κ3) is 4.98. The molecule has 3 aliphatic rings. The summed E-state index contributed by atoms with van der Waals surface area (Å²) in [5, 5.41) is 10.8. The maximum absolute atomic E-state index is 15.1. The Morgan fingerprint density at radius 1 is 1.11 bits per heavy atom. The first kappa shape index (κ1) is 31.7. The molecule has 6 atom stereocenters. The van der Waals surface area contributed by atoms with E-state index in [2.05, 4.69) is 13.2 Å². The van der Waals surface area contributed by atoms with E-state index in [1.807, 2.05) is 69.3 Å². The van der Waals surface area contributed by atoms with E-state index in [9.17, 15) is 14.7 Å². The summed E-state index contributed by atoms with van der Waals surface area (Å²) in [6.45, 7) is 13.5. The first-order valence-corrected chi connectivity index (χ1v) is 15.7. The number of ether oxygens (including phenoxy) is 2. The number of benzene rings is 2. The molecule has 2 aromatic rings. The molecule has 1 N–H and O–H groups in total. The highest BCUT2D eigenvalue weighted by Crippen LogP contribution is 2.65. The second-order valence-corrected chi connectivity index (χ2v) is 12.3. The zero-order valence-electron chi connectivity index (χ0n) is 26.0. The van der Waals surface area contributed by atoms with Crippen molar-refractivity contribution in [1.29, 1.82) is 0 Å². The van der Waals surface area contributed by atoms with Crippen molar-refractivity contribution >= 4 is 23.5 Å². The normalized spacial score (nSPS) is 27.6. The lowest BCUT2D eigenvalue weighted by molar-refractivity contribution is -0.162. The number of nitrogens with zero attached hydrogens (tertiary/aromatic N) is 2. The van der Waals surface area contributed by atoms with Gasteiger partial charge in [0.25, 0.3) is 5.91 Å². The highest BCUT2D eigenvalue weighted by molar-refractivity contribution is 6.05. The van der Waals surface area contributed by atoms with E-state index in [4.69, 9.17) is 9.47 Å². The summed E-state index contributed by atoms with van der Waals surface area (Å²) in [6, 6.07) is 13.2. The number of carbonyl (C=O) groups is 3. The molecule has 8 nitrogen and oxygen atoms in total. The molecule has 8 heteroatoms. The highest BCUT2D eigenvalue weighted by atomic mass is 16.6. The first-order chi connectivity index (χ1) is 21.2. The Morgan fingerprint density at radius 3 is 2.43 bits per heavy atom. The van der Waals surface area contributed by atoms with Crippen molar-refractivity contribution in [3.63, 3.8) is 0 Å². The molecule has 0 aliphatic carbocycles. The highest BCUT2D eigenvalue weighted by Gasteiger charge is 2.79. The number of hydrogen-bond donors (Lipinski definition) is 1. The van der Waals surface area contributed by atoms with Gasteiger partial charge in [-0.1, -0.05) is 67.6 Å². The molecule has 3 fully saturated rings. The van der Waals surface area contributed by atoms with Crippen molar-refractivity contribution in [1.82, 2.24) is 4.90 Å². The van der Waals surface area contributed by atoms with Crippen molar-refractivity contribution in [3.8, 4) is 0 Å². The number of rotatable bonds is 13. The van der Waals surface area contributed by atoms with Gasteiger partial charge in [-0.25, -0.2) is 0 Å². The van der Waals surface area contributed by atoms with E-state index in [1.165, 1.54) is 4.90 Å². The Hall–Kier alpha value is -3.75. The minimum atomic E-state index is -1.26. The molecular weight excluding hydrogens is 556 g/mol. The van der Waals surface area contributed by atoms with Crippen molar-refractivity contribution in [2.75, 3.05) is 24.7 Å². The van der Waals surface area contributed by atoms with Gasteiger partial charge in [0.05, 0.1) is 30.8 Å². The molecule has 2 aromatic carbocycles. The number of aliphatic hydroxyl groups excluding tert-OH is 1. The van der Waals surface area contributed by atoms with Gasteiger partial charge in [-0.15, -0.1) is 13.2 Å². The number of anilines is 1. The van der Waals surface area contributed by atoms with Crippen LogP contribution in [0.2, 0.25) is 0 Å². The Labute approximate surface area is 260 Å². The molecule has 2 bridgehead atoms. The fraction of sp³-hybridized carbons (Fsp3) is 0.472. The molecule has 3 saturated heterocycles. The molecule has 44 heavy (non-hydrogen) atoms. The molecule has 1 spiro atoms. The molecule has 2 amide bonds. The quantitative estimate of drug-likeness (QED) is 0.192. The molecule has 0 radical (unpaired) electrons. The number of carbonyl (C=O) groups excluding carboxylic acids is 3. The minimum Gasteiger partial charge on any atom is -0.465 e. The number of hydrogen-bond acceptors (Lipinski definition) is 6. The molecule has 0 saturated carbocycles. The summed E-state index contributed by atoms with van der Waals surface area (Å²) < 4.78 is 12.7. The number of esters is 1. The maximum atomic E-state index is 15.1. The Morgan fingerprint density at radius 2 is 1.82 bits per heavy atom. The van der Waals surface area contributed by atoms with Crippen LogP contribution in [0.25, 0.3) is 0 Å². The number of fused-ring (bicyclic) bond motifs is 1. The first-order valence-electron chi connectivity index (χ1n) is 15.7. The number of para-hydroxylation sites is 1. The van der Waals surface area contributed by atoms with Crippen LogP contribution in [-0.4, -0.2) is 64.8 Å². The number of allylic oxidation sites excluding steroid dienone is 1. The van der Waals surface area contributed by atoms with Crippen LogP contribution in [-0.2, 0) is 23.9 Å². The lowest BCUT2D eigenvalue weighted by Crippen LogP contribution is -2.57. The summed E-state index contributed by atoms with van der Waals surface area (Å²) in [5.74, 6) is -2.94. The zero-order valence-corrected chi connectivity index (χ0v) is 26.0. The third-order valence-corrected chi connectivity index (χ3v) is 9.88. The van der Waals surface area contributed by atoms with Crippen LogP contribution in [0.5, 0.6) is 0 Å². The van der Waals surface area contributed by atoms with Gasteiger partial charge in [-0.05, 0) is 62.6 Å². The average molecular weight is 601 g/mol. The van der Waals surface area contributed by atoms with Crippen LogP contribution < -0.4 is 4.90 Å². The Kier molecular flexibility index (Phi) is 9.14. The van der Waals surface area contributed by atoms with Gasteiger partial charge in [0.15, 0.2) is 0 Å². The Balaban J connectivity index is 1.66. The van der Waals surface area contributed by atoms with E-state index in [0.29, 0.717) is 37.7 Å². The fourth-order valence-electron chi connectivity index (χ4n) is 7.95. The lowest BCUT2D eigenvalue weighted by Gasteiger charge is -2.40. The maximum Gasteiger partial charge on any atom is 0.312 e. The van der Waals surface area contributed by atoms with Gasteiger partial charge in [0.2, 0.25) is 5.91 Å². The average Bonchev–Trinajstić information content (AvgIpc) is 3.63. The SMILES string of the molecule is C=CCCCOC(=O)[C@@H]1[C@H]2C(=O)N([C@H](CO)c3ccccc3)C(C(=O)N(CC=C)c3c(C)cccc3C)C23CC[C@@]1(CC)O3. The molecule has 3 aliphatic heterocycles. The number of likely N-dealkylation sites (tertiary alicyclic amines) is 1. The van der Waals surface area contributed by atoms with Crippen LogP contribution >= 0.6 is 0 Å². The summed E-state index contributed by atoms with van der Waals surface area (Å²) >= 11 is 0. The van der Waals surface area contributed by atoms with E-state index < -0.39 is 47.7 Å². The van der Waals surface area contributed by atoms with E-state index in [-0.39, 0.29) is 25.0 Å². The van der Waals surface area contributed by atoms with Gasteiger partial charge >= 0.3 is 5.97 Å². The minimum absolute atomic E-state index is 0.212. The van der Waals surface area contributed by atoms with Crippen molar-refractivity contribution < 1.29 is 29.0 Å². The van der Waals surface area contributed by atoms with Crippen LogP contribution in [0.15, 0.2) is 73.8 Å². The topological polar surface area (TPSA) is 96.4 Å². The van der Waals surface area contributed by atoms with Crippen LogP contribution in [0.3, 0.4) is 0 Å². The van der Waals surface area contributed by atoms with Gasteiger partial charge in [0.1, 0.15) is 17.6 Å². The molecule has 3 heterocycles. The van der Waals surface area contributed by atoms with Gasteiger partial charge in [-0.2, -0.15) is 0 Å². The van der Waals surface area contributed by atoms with Crippen LogP contribution in [0, 0.1) is 25.7 Å². The lowest BCUT2D eigenvalue weighted by atomic mass is 9.65. The number of amides is 2. The van der Waals surface area contributed by atoms with Crippen molar-refractivity contribution in [2.45, 2.75) is 76.2 Å². The summed E-state index contributed by atoms with van der Waals surface area (Å²) in [4.78, 5) is 46.9. The number of aryl methyl sites for hydroxylation is 2.